The highest BCUT2D eigenvalue weighted by atomic mass is 16.6. The van der Waals surface area contributed by atoms with Gasteiger partial charge in [-0.2, -0.15) is 0 Å². The van der Waals surface area contributed by atoms with Crippen molar-refractivity contribution in [2.24, 2.45) is 46.8 Å². The van der Waals surface area contributed by atoms with Gasteiger partial charge < -0.3 is 49.0 Å². The molecule has 73 heavy (non-hydrogen) atoms. The third kappa shape index (κ3) is 16.1. The molecule has 3 fully saturated rings. The summed E-state index contributed by atoms with van der Waals surface area (Å²) in [5, 5.41) is 43.2. The molecule has 2 saturated heterocycles. The van der Waals surface area contributed by atoms with Crippen LogP contribution in [-0.2, 0) is 52.5 Å². The zero-order chi connectivity index (χ0) is 54.4. The van der Waals surface area contributed by atoms with Crippen LogP contribution >= 0.6 is 0 Å². The topological polar surface area (TPSA) is 233 Å². The minimum absolute atomic E-state index is 0.000795. The van der Waals surface area contributed by atoms with Crippen LogP contribution in [-0.4, -0.2) is 143 Å². The van der Waals surface area contributed by atoms with Crippen molar-refractivity contribution in [3.63, 3.8) is 0 Å². The Hall–Kier alpha value is -3.90. The van der Waals surface area contributed by atoms with Crippen LogP contribution in [0.1, 0.15) is 146 Å². The van der Waals surface area contributed by atoms with Crippen LogP contribution in [0.25, 0.3) is 0 Å². The molecule has 0 aromatic carbocycles. The number of amides is 1. The maximum Gasteiger partial charge on any atom is 0.329 e. The molecule has 4 aliphatic rings. The van der Waals surface area contributed by atoms with E-state index in [9.17, 15) is 49.2 Å². The maximum atomic E-state index is 14.6. The Labute approximate surface area is 434 Å². The van der Waals surface area contributed by atoms with Gasteiger partial charge in [0.1, 0.15) is 41.7 Å². The Kier molecular flexibility index (Phi) is 23.9. The summed E-state index contributed by atoms with van der Waals surface area (Å²) in [7, 11) is 2.94. The van der Waals surface area contributed by atoms with Crippen LogP contribution in [0.15, 0.2) is 47.6 Å². The van der Waals surface area contributed by atoms with Crippen molar-refractivity contribution in [2.75, 3.05) is 34.0 Å². The number of rotatable bonds is 10. The van der Waals surface area contributed by atoms with Crippen LogP contribution in [0.2, 0.25) is 0 Å². The number of carbonyl (C=O) groups excluding carboxylic acids is 6. The van der Waals surface area contributed by atoms with Crippen molar-refractivity contribution in [3.05, 3.63) is 47.6 Å². The minimum Gasteiger partial charge on any atom is -0.462 e. The molecule has 16 nitrogen and oxygen atoms in total. The van der Waals surface area contributed by atoms with Crippen molar-refractivity contribution in [1.82, 2.24) is 4.90 Å². The summed E-state index contributed by atoms with van der Waals surface area (Å²) in [5.41, 5.74) is -0.202. The number of hydrogen-bond donors (Lipinski definition) is 4. The summed E-state index contributed by atoms with van der Waals surface area (Å²) >= 11 is 0. The number of aliphatic hydroxyl groups is 4. The van der Waals surface area contributed by atoms with E-state index in [1.54, 1.807) is 40.9 Å². The van der Waals surface area contributed by atoms with Crippen molar-refractivity contribution >= 4 is 35.2 Å². The summed E-state index contributed by atoms with van der Waals surface area (Å²) in [4.78, 5) is 85.5. The lowest BCUT2D eigenvalue weighted by Crippen LogP contribution is -2.61. The molecule has 3 heterocycles. The van der Waals surface area contributed by atoms with Gasteiger partial charge in [0.25, 0.3) is 11.7 Å². The fourth-order valence-electron chi connectivity index (χ4n) is 11.0. The van der Waals surface area contributed by atoms with E-state index in [4.69, 9.17) is 23.7 Å². The van der Waals surface area contributed by atoms with Gasteiger partial charge in [0, 0.05) is 51.4 Å². The van der Waals surface area contributed by atoms with E-state index in [0.717, 1.165) is 5.57 Å². The molecule has 3 aliphatic heterocycles. The van der Waals surface area contributed by atoms with E-state index >= 15 is 0 Å². The standard InChI is InChI=1S/C57H89NO15/c1-12-42-29-41(22-24-46(42)72-55(67)56(9,32-59)33-60)28-37(5)48-31-45(61)36(4)27-39(7)50(63)51(70-11)49(62)38(6)26-34(2)18-14-13-15-19-35(3)47(69-10)30-43-23-21-40(8)57(68,73-43)52(64)53(65)58-25-17-16-20-44(58)54(66)71-48/h13-15,18-19,27,34,36-38,40-44,46-48,50-51,59-60,63,68H,12,16-17,20-26,28-33H2,1-11H3/b15-13+,18-14+,35-19+,39-27+. The average Bonchev–Trinajstić information content (AvgIpc) is 3.37. The fourth-order valence-corrected chi connectivity index (χ4v) is 11.0. The molecule has 1 aliphatic carbocycles. The second-order valence-electron chi connectivity index (χ2n) is 22.2. The number of aliphatic hydroxyl groups excluding tert-OH is 3. The number of esters is 2. The number of hydrogen-bond acceptors (Lipinski definition) is 15. The third-order valence-corrected chi connectivity index (χ3v) is 16.3. The fraction of sp³-hybridized carbons (Fsp3) is 0.754. The molecule has 1 amide bonds. The average molecular weight is 1030 g/mol. The van der Waals surface area contributed by atoms with Gasteiger partial charge in [-0.15, -0.1) is 0 Å². The quantitative estimate of drug-likeness (QED) is 0.101. The lowest BCUT2D eigenvalue weighted by atomic mass is 9.74. The van der Waals surface area contributed by atoms with E-state index in [1.165, 1.54) is 18.9 Å². The Morgan fingerprint density at radius 2 is 1.60 bits per heavy atom. The molecule has 1 saturated carbocycles. The molecule has 0 aromatic heterocycles. The zero-order valence-electron chi connectivity index (χ0n) is 45.6. The number of cyclic esters (lactones) is 1. The zero-order valence-corrected chi connectivity index (χ0v) is 45.6. The summed E-state index contributed by atoms with van der Waals surface area (Å²) in [6, 6.07) is -1.18. The maximum absolute atomic E-state index is 14.6. The van der Waals surface area contributed by atoms with Crippen molar-refractivity contribution < 1.29 is 72.9 Å². The number of ether oxygens (including phenoxy) is 5. The number of methoxy groups -OCH3 is 2. The van der Waals surface area contributed by atoms with Crippen molar-refractivity contribution in [3.8, 4) is 0 Å². The van der Waals surface area contributed by atoms with Crippen LogP contribution in [0.5, 0.6) is 0 Å². The molecule has 2 bridgehead atoms. The van der Waals surface area contributed by atoms with Gasteiger partial charge in [0.05, 0.1) is 25.4 Å². The molecule has 15 unspecified atom stereocenters. The van der Waals surface area contributed by atoms with Crippen LogP contribution in [0.4, 0.5) is 0 Å². The Morgan fingerprint density at radius 3 is 2.25 bits per heavy atom. The molecule has 15 atom stereocenters. The Bertz CT molecular complexity index is 2010. The van der Waals surface area contributed by atoms with Crippen molar-refractivity contribution in [2.45, 2.75) is 194 Å². The van der Waals surface area contributed by atoms with Gasteiger partial charge in [-0.3, -0.25) is 24.0 Å². The Balaban J connectivity index is 1.69. The summed E-state index contributed by atoms with van der Waals surface area (Å²) in [6.07, 6.45) is 11.9. The highest BCUT2D eigenvalue weighted by Gasteiger charge is 2.53. The largest absolute Gasteiger partial charge is 0.462 e. The van der Waals surface area contributed by atoms with Gasteiger partial charge >= 0.3 is 11.9 Å². The van der Waals surface area contributed by atoms with E-state index in [-0.39, 0.29) is 48.7 Å². The third-order valence-electron chi connectivity index (χ3n) is 16.3. The minimum atomic E-state index is -2.46. The number of nitrogens with zero attached hydrogens (tertiary/aromatic N) is 1. The molecule has 0 radical (unpaired) electrons. The molecule has 4 N–H and O–H groups in total. The second-order valence-corrected chi connectivity index (χ2v) is 22.2. The summed E-state index contributed by atoms with van der Waals surface area (Å²) in [6.45, 7) is 15.0. The molecule has 4 rings (SSSR count). The van der Waals surface area contributed by atoms with E-state index in [1.807, 2.05) is 58.1 Å². The normalized spacial score (nSPS) is 37.4. The molecule has 16 heteroatoms. The predicted molar refractivity (Wildman–Crippen MR) is 274 cm³/mol. The van der Waals surface area contributed by atoms with Crippen LogP contribution in [0.3, 0.4) is 0 Å². The van der Waals surface area contributed by atoms with Gasteiger partial charge in [-0.05, 0) is 126 Å². The highest BCUT2D eigenvalue weighted by Crippen LogP contribution is 2.40. The van der Waals surface area contributed by atoms with Crippen LogP contribution in [0, 0.1) is 46.8 Å². The van der Waals surface area contributed by atoms with Crippen molar-refractivity contribution in [1.29, 1.82) is 0 Å². The van der Waals surface area contributed by atoms with E-state index < -0.39 is 114 Å². The number of ketones is 3. The number of allylic oxidation sites excluding steroid dienone is 6. The molecule has 0 spiro atoms. The SMILES string of the molecule is CCC1CC(CC(C)C2CC(=O)C(C)/C=C(\C)C(O)C(OC)C(=O)C(C)CC(C)/C=C/C=C/C=C(\C)C(OC)CC3CCC(C)C(O)(O3)C(=O)C(=O)N3CCCCC3C(=O)O2)CCC1OC(=O)C(C)(CO)CO. The first-order valence-electron chi connectivity index (χ1n) is 26.9. The highest BCUT2D eigenvalue weighted by molar-refractivity contribution is 6.39. The van der Waals surface area contributed by atoms with E-state index in [0.29, 0.717) is 76.2 Å². The second kappa shape index (κ2) is 28.3. The van der Waals surface area contributed by atoms with Crippen LogP contribution < -0.4 is 0 Å². The first kappa shape index (κ1) is 61.6. The molecule has 0 aromatic rings. The summed E-state index contributed by atoms with van der Waals surface area (Å²) in [5.74, 6) is -8.99. The molecular weight excluding hydrogens is 939 g/mol. The van der Waals surface area contributed by atoms with E-state index in [2.05, 4.69) is 0 Å². The lowest BCUT2D eigenvalue weighted by molar-refractivity contribution is -0.265. The lowest BCUT2D eigenvalue weighted by Gasteiger charge is -2.42. The first-order valence-corrected chi connectivity index (χ1v) is 26.9. The number of piperidine rings is 1. The van der Waals surface area contributed by atoms with Gasteiger partial charge in [-0.1, -0.05) is 78.0 Å². The number of fused-ring (bicyclic) bond motifs is 3. The first-order chi connectivity index (χ1) is 34.5. The smallest absolute Gasteiger partial charge is 0.329 e. The molecular formula is C57H89NO15. The van der Waals surface area contributed by atoms with Gasteiger partial charge in [0.15, 0.2) is 5.78 Å². The van der Waals surface area contributed by atoms with Gasteiger partial charge in [-0.25, -0.2) is 4.79 Å². The number of carbonyl (C=O) groups is 6. The predicted octanol–water partition coefficient (Wildman–Crippen LogP) is 6.73. The van der Waals surface area contributed by atoms with Gasteiger partial charge in [0.2, 0.25) is 5.79 Å². The Morgan fingerprint density at radius 1 is 0.904 bits per heavy atom. The molecule has 412 valence electrons. The number of Topliss-reactive ketones (excluding diaryl/α,β-unsaturated/α-hetero) is 3. The summed E-state index contributed by atoms with van der Waals surface area (Å²) < 4.78 is 29.8. The monoisotopic (exact) mass is 1030 g/mol.